The van der Waals surface area contributed by atoms with Gasteiger partial charge in [0.2, 0.25) is 0 Å². The van der Waals surface area contributed by atoms with Crippen LogP contribution in [0.1, 0.15) is 163 Å². The molecule has 6 nitrogen and oxygen atoms in total. The van der Waals surface area contributed by atoms with E-state index in [0.717, 1.165) is 57.8 Å². The highest BCUT2D eigenvalue weighted by molar-refractivity contribution is 5.79. The van der Waals surface area contributed by atoms with Crippen molar-refractivity contribution in [3.8, 4) is 17.2 Å². The summed E-state index contributed by atoms with van der Waals surface area (Å²) >= 11 is 0. The van der Waals surface area contributed by atoms with Crippen molar-refractivity contribution in [3.63, 3.8) is 0 Å². The molecule has 246 valence electrons. The molecule has 43 heavy (non-hydrogen) atoms. The van der Waals surface area contributed by atoms with Crippen LogP contribution in [0.5, 0.6) is 17.2 Å². The smallest absolute Gasteiger partial charge is 0.314 e. The minimum Gasteiger partial charge on any atom is -0.426 e. The summed E-state index contributed by atoms with van der Waals surface area (Å²) in [5, 5.41) is 0. The minimum atomic E-state index is -0.338. The summed E-state index contributed by atoms with van der Waals surface area (Å²) < 4.78 is 17.4. The van der Waals surface area contributed by atoms with Gasteiger partial charge in [0.25, 0.3) is 0 Å². The molecule has 0 aromatic heterocycles. The molecule has 3 atom stereocenters. The Morgan fingerprint density at radius 1 is 0.512 bits per heavy atom. The highest BCUT2D eigenvalue weighted by Gasteiger charge is 2.23. The topological polar surface area (TPSA) is 78.9 Å². The second kappa shape index (κ2) is 23.1. The third-order valence-electron chi connectivity index (χ3n) is 8.35. The van der Waals surface area contributed by atoms with Crippen molar-refractivity contribution < 1.29 is 28.6 Å². The molecule has 0 bridgehead atoms. The molecule has 0 aliphatic rings. The Labute approximate surface area is 263 Å². The van der Waals surface area contributed by atoms with Gasteiger partial charge in [0.1, 0.15) is 17.2 Å². The molecule has 0 spiro atoms. The first-order valence-electron chi connectivity index (χ1n) is 17.4. The van der Waals surface area contributed by atoms with E-state index >= 15 is 0 Å². The Morgan fingerprint density at radius 2 is 0.814 bits per heavy atom. The van der Waals surface area contributed by atoms with Gasteiger partial charge in [0.15, 0.2) is 0 Å². The summed E-state index contributed by atoms with van der Waals surface area (Å²) in [5.74, 6) is -1.06. The van der Waals surface area contributed by atoms with E-state index in [9.17, 15) is 14.4 Å². The lowest BCUT2D eigenvalue weighted by Crippen LogP contribution is -2.21. The average molecular weight is 603 g/mol. The second-order valence-electron chi connectivity index (χ2n) is 12.6. The molecule has 0 N–H and O–H groups in total. The van der Waals surface area contributed by atoms with Gasteiger partial charge in [-0.05, 0) is 26.2 Å². The lowest BCUT2D eigenvalue weighted by Gasteiger charge is -2.18. The number of hydrogen-bond donors (Lipinski definition) is 0. The predicted molar refractivity (Wildman–Crippen MR) is 176 cm³/mol. The monoisotopic (exact) mass is 602 g/mol. The fourth-order valence-corrected chi connectivity index (χ4v) is 5.06. The number of unbranched alkanes of at least 4 members (excludes halogenated alkanes) is 12. The van der Waals surface area contributed by atoms with Crippen LogP contribution in [0.3, 0.4) is 0 Å². The van der Waals surface area contributed by atoms with Gasteiger partial charge in [-0.15, -0.1) is 0 Å². The number of hydrogen-bond acceptors (Lipinski definition) is 6. The first-order valence-corrected chi connectivity index (χ1v) is 17.4. The van der Waals surface area contributed by atoms with Crippen LogP contribution in [0.2, 0.25) is 0 Å². The zero-order valence-corrected chi connectivity index (χ0v) is 28.6. The maximum Gasteiger partial charge on any atom is 0.314 e. The van der Waals surface area contributed by atoms with E-state index in [4.69, 9.17) is 14.2 Å². The first kappa shape index (κ1) is 38.7. The van der Waals surface area contributed by atoms with Crippen LogP contribution < -0.4 is 14.2 Å². The Morgan fingerprint density at radius 3 is 1.14 bits per heavy atom. The van der Waals surface area contributed by atoms with E-state index < -0.39 is 0 Å². The van der Waals surface area contributed by atoms with Gasteiger partial charge in [-0.25, -0.2) is 0 Å². The van der Waals surface area contributed by atoms with Gasteiger partial charge in [0.05, 0.1) is 17.8 Å². The number of rotatable bonds is 24. The second-order valence-corrected chi connectivity index (χ2v) is 12.6. The molecule has 0 saturated heterocycles. The zero-order chi connectivity index (χ0) is 32.0. The Balaban J connectivity index is 3.01. The molecule has 0 amide bonds. The Kier molecular flexibility index (Phi) is 20.7. The van der Waals surface area contributed by atoms with E-state index in [0.29, 0.717) is 5.56 Å². The van der Waals surface area contributed by atoms with Crippen molar-refractivity contribution in [1.82, 2.24) is 0 Å². The van der Waals surface area contributed by atoms with Crippen LogP contribution in [-0.2, 0) is 14.4 Å². The summed E-state index contributed by atoms with van der Waals surface area (Å²) in [6, 6.07) is 3.14. The van der Waals surface area contributed by atoms with Crippen molar-refractivity contribution in [2.75, 3.05) is 0 Å². The maximum atomic E-state index is 13.0. The molecule has 0 aliphatic carbocycles. The van der Waals surface area contributed by atoms with Crippen LogP contribution in [0, 0.1) is 24.7 Å². The maximum absolute atomic E-state index is 13.0. The molecule has 1 rings (SSSR count). The van der Waals surface area contributed by atoms with E-state index in [2.05, 4.69) is 20.8 Å². The van der Waals surface area contributed by atoms with Crippen LogP contribution in [-0.4, -0.2) is 17.9 Å². The van der Waals surface area contributed by atoms with Gasteiger partial charge >= 0.3 is 17.9 Å². The van der Waals surface area contributed by atoms with Crippen LogP contribution in [0.4, 0.5) is 0 Å². The van der Waals surface area contributed by atoms with E-state index in [-0.39, 0.29) is 52.9 Å². The number of carbonyl (C=O) groups excluding carboxylic acids is 3. The molecule has 1 aromatic carbocycles. The van der Waals surface area contributed by atoms with Crippen LogP contribution >= 0.6 is 0 Å². The molecular formula is C37H62O6. The van der Waals surface area contributed by atoms with Crippen molar-refractivity contribution >= 4 is 17.9 Å². The molecular weight excluding hydrogens is 540 g/mol. The van der Waals surface area contributed by atoms with Crippen molar-refractivity contribution in [2.45, 2.75) is 164 Å². The Hall–Kier alpha value is -2.37. The van der Waals surface area contributed by atoms with Gasteiger partial charge in [-0.2, -0.15) is 0 Å². The Bertz CT molecular complexity index is 884. The standard InChI is InChI=1S/C37H62O6/c1-8-11-14-17-20-23-28(4)35(38)41-32-26-33(42-36(39)29(5)24-21-18-15-12-9-2)31(7)34(27-32)43-37(40)30(6)25-22-19-16-13-10-3/h26-30H,8-25H2,1-7H3. The molecule has 0 saturated carbocycles. The number of esters is 3. The largest absolute Gasteiger partial charge is 0.426 e. The van der Waals surface area contributed by atoms with E-state index in [1.807, 2.05) is 20.8 Å². The normalized spacial score (nSPS) is 13.3. The number of ether oxygens (including phenoxy) is 3. The molecule has 6 heteroatoms. The molecule has 0 heterocycles. The van der Waals surface area contributed by atoms with Gasteiger partial charge < -0.3 is 14.2 Å². The fraction of sp³-hybridized carbons (Fsp3) is 0.757. The minimum absolute atomic E-state index is 0.221. The fourth-order valence-electron chi connectivity index (χ4n) is 5.06. The number of carbonyl (C=O) groups is 3. The third kappa shape index (κ3) is 16.3. The lowest BCUT2D eigenvalue weighted by molar-refractivity contribution is -0.139. The highest BCUT2D eigenvalue weighted by atomic mass is 16.6. The van der Waals surface area contributed by atoms with Crippen molar-refractivity contribution in [2.24, 2.45) is 17.8 Å². The van der Waals surface area contributed by atoms with E-state index in [1.165, 1.54) is 57.8 Å². The molecule has 0 aliphatic heterocycles. The summed E-state index contributed by atoms with van der Waals surface area (Å²) in [4.78, 5) is 39.0. The van der Waals surface area contributed by atoms with Crippen LogP contribution in [0.15, 0.2) is 12.1 Å². The number of benzene rings is 1. The quantitative estimate of drug-likeness (QED) is 0.0665. The third-order valence-corrected chi connectivity index (χ3v) is 8.35. The summed E-state index contributed by atoms with van der Waals surface area (Å²) in [6.07, 6.45) is 19.2. The molecule has 0 radical (unpaired) electrons. The summed E-state index contributed by atoms with van der Waals surface area (Å²) in [7, 11) is 0. The molecule has 0 fully saturated rings. The average Bonchev–Trinajstić information content (AvgIpc) is 2.98. The van der Waals surface area contributed by atoms with E-state index in [1.54, 1.807) is 19.1 Å². The van der Waals surface area contributed by atoms with Crippen molar-refractivity contribution in [3.05, 3.63) is 17.7 Å². The first-order chi connectivity index (χ1) is 20.6. The summed E-state index contributed by atoms with van der Waals surface area (Å²) in [6.45, 7) is 14.0. The molecule has 3 unspecified atom stereocenters. The zero-order valence-electron chi connectivity index (χ0n) is 28.6. The van der Waals surface area contributed by atoms with Crippen molar-refractivity contribution in [1.29, 1.82) is 0 Å². The highest BCUT2D eigenvalue weighted by Crippen LogP contribution is 2.35. The SMILES string of the molecule is CCCCCCCC(C)C(=O)Oc1cc(OC(=O)C(C)CCCCCCC)c(C)c(OC(=O)C(C)CCCCCCC)c1. The van der Waals surface area contributed by atoms with Gasteiger partial charge in [0, 0.05) is 17.7 Å². The summed E-state index contributed by atoms with van der Waals surface area (Å²) in [5.41, 5.74) is 0.538. The molecule has 1 aromatic rings. The van der Waals surface area contributed by atoms with Crippen LogP contribution in [0.25, 0.3) is 0 Å². The lowest BCUT2D eigenvalue weighted by atomic mass is 10.0. The predicted octanol–water partition coefficient (Wildman–Crippen LogP) is 10.7. The van der Waals surface area contributed by atoms with Gasteiger partial charge in [-0.1, -0.05) is 138 Å². The van der Waals surface area contributed by atoms with Gasteiger partial charge in [-0.3, -0.25) is 14.4 Å².